The fourth-order valence-corrected chi connectivity index (χ4v) is 4.04. The van der Waals surface area contributed by atoms with Crippen LogP contribution in [0.2, 0.25) is 0 Å². The van der Waals surface area contributed by atoms with Gasteiger partial charge < -0.3 is 19.4 Å². The van der Waals surface area contributed by atoms with E-state index < -0.39 is 0 Å². The summed E-state index contributed by atoms with van der Waals surface area (Å²) in [4.78, 5) is 21.4. The molecule has 3 aromatic rings. The Hall–Kier alpha value is -2.86. The molecule has 0 radical (unpaired) electrons. The highest BCUT2D eigenvalue weighted by molar-refractivity contribution is 5.77. The number of nitrogens with zero attached hydrogens (tertiary/aromatic N) is 1. The highest BCUT2D eigenvalue weighted by Gasteiger charge is 2.33. The molecule has 2 N–H and O–H groups in total. The zero-order valence-electron chi connectivity index (χ0n) is 15.6. The number of aromatic nitrogens is 2. The van der Waals surface area contributed by atoms with E-state index in [0.717, 1.165) is 47.8 Å². The molecule has 6 heteroatoms. The predicted octanol–water partition coefficient (Wildman–Crippen LogP) is 1.86. The summed E-state index contributed by atoms with van der Waals surface area (Å²) in [5.41, 5.74) is 1.81. The summed E-state index contributed by atoms with van der Waals surface area (Å²) >= 11 is 0. The molecule has 6 nitrogen and oxygen atoms in total. The van der Waals surface area contributed by atoms with E-state index in [9.17, 15) is 4.79 Å². The first kappa shape index (κ1) is 17.5. The Labute approximate surface area is 157 Å². The van der Waals surface area contributed by atoms with Gasteiger partial charge in [-0.15, -0.1) is 0 Å². The zero-order chi connectivity index (χ0) is 18.8. The molecule has 0 amide bonds. The summed E-state index contributed by atoms with van der Waals surface area (Å²) in [5.74, 6) is 2.43. The summed E-state index contributed by atoms with van der Waals surface area (Å²) in [6.07, 6.45) is 2.19. The van der Waals surface area contributed by atoms with Gasteiger partial charge in [0.2, 0.25) is 0 Å². The summed E-state index contributed by atoms with van der Waals surface area (Å²) < 4.78 is 11.0. The molecule has 27 heavy (non-hydrogen) atoms. The number of hydrogen-bond donors (Lipinski definition) is 2. The Morgan fingerprint density at radius 3 is 2.85 bits per heavy atom. The molecule has 0 bridgehead atoms. The molecule has 1 unspecified atom stereocenters. The van der Waals surface area contributed by atoms with Gasteiger partial charge in [0.15, 0.2) is 5.82 Å². The molecule has 2 aromatic carbocycles. The minimum atomic E-state index is -0.0790. The van der Waals surface area contributed by atoms with Gasteiger partial charge in [0.1, 0.15) is 24.1 Å². The Morgan fingerprint density at radius 1 is 1.19 bits per heavy atom. The van der Waals surface area contributed by atoms with Gasteiger partial charge in [0.25, 0.3) is 5.56 Å². The SMILES string of the molecule is COc1ccc(OC)c([C@@H]2CCC[NH+]2Cc2nc3ccccc3c(=O)[nH]2)c1. The number of para-hydroxylation sites is 1. The molecule has 1 aliphatic rings. The fourth-order valence-electron chi connectivity index (χ4n) is 4.04. The van der Waals surface area contributed by atoms with Crippen molar-refractivity contribution in [1.82, 2.24) is 9.97 Å². The summed E-state index contributed by atoms with van der Waals surface area (Å²) in [5, 5.41) is 0.628. The third-order valence-electron chi connectivity index (χ3n) is 5.35. The van der Waals surface area contributed by atoms with Crippen LogP contribution >= 0.6 is 0 Å². The molecule has 0 aliphatic carbocycles. The third kappa shape index (κ3) is 3.40. The smallest absolute Gasteiger partial charge is 0.258 e. The molecule has 1 saturated heterocycles. The number of benzene rings is 2. The van der Waals surface area contributed by atoms with Gasteiger partial charge in [-0.25, -0.2) is 4.98 Å². The van der Waals surface area contributed by atoms with E-state index in [4.69, 9.17) is 9.47 Å². The number of ether oxygens (including phenoxy) is 2. The minimum absolute atomic E-state index is 0.0790. The van der Waals surface area contributed by atoms with Crippen molar-refractivity contribution >= 4 is 10.9 Å². The van der Waals surface area contributed by atoms with E-state index in [0.29, 0.717) is 11.9 Å². The number of aromatic amines is 1. The van der Waals surface area contributed by atoms with E-state index in [2.05, 4.69) is 16.0 Å². The molecule has 1 aliphatic heterocycles. The normalized spacial score (nSPS) is 19.3. The molecule has 140 valence electrons. The van der Waals surface area contributed by atoms with Crippen LogP contribution in [0.3, 0.4) is 0 Å². The van der Waals surface area contributed by atoms with Crippen LogP contribution in [0.15, 0.2) is 47.3 Å². The molecule has 1 fully saturated rings. The first-order chi connectivity index (χ1) is 13.2. The van der Waals surface area contributed by atoms with Crippen LogP contribution in [0.5, 0.6) is 11.5 Å². The second-order valence-electron chi connectivity index (χ2n) is 6.92. The van der Waals surface area contributed by atoms with Crippen molar-refractivity contribution in [2.45, 2.75) is 25.4 Å². The van der Waals surface area contributed by atoms with Gasteiger partial charge >= 0.3 is 0 Å². The molecular weight excluding hydrogens is 342 g/mol. The van der Waals surface area contributed by atoms with Crippen molar-refractivity contribution in [2.24, 2.45) is 0 Å². The van der Waals surface area contributed by atoms with Crippen molar-refractivity contribution in [3.05, 3.63) is 64.2 Å². The van der Waals surface area contributed by atoms with E-state index in [1.54, 1.807) is 20.3 Å². The number of hydrogen-bond acceptors (Lipinski definition) is 4. The largest absolute Gasteiger partial charge is 0.497 e. The van der Waals surface area contributed by atoms with Gasteiger partial charge in [-0.05, 0) is 30.3 Å². The van der Waals surface area contributed by atoms with E-state index >= 15 is 0 Å². The number of methoxy groups -OCH3 is 2. The molecule has 2 atom stereocenters. The number of fused-ring (bicyclic) bond motifs is 1. The van der Waals surface area contributed by atoms with Gasteiger partial charge in [-0.2, -0.15) is 0 Å². The lowest BCUT2D eigenvalue weighted by Crippen LogP contribution is -3.09. The maximum absolute atomic E-state index is 12.4. The van der Waals surface area contributed by atoms with Crippen molar-refractivity contribution in [2.75, 3.05) is 20.8 Å². The van der Waals surface area contributed by atoms with Crippen molar-refractivity contribution in [3.8, 4) is 11.5 Å². The Kier molecular flexibility index (Phi) is 4.81. The predicted molar refractivity (Wildman–Crippen MR) is 103 cm³/mol. The number of rotatable bonds is 5. The van der Waals surface area contributed by atoms with E-state index in [1.807, 2.05) is 30.3 Å². The van der Waals surface area contributed by atoms with Crippen molar-refractivity contribution in [3.63, 3.8) is 0 Å². The van der Waals surface area contributed by atoms with E-state index in [-0.39, 0.29) is 11.6 Å². The molecule has 1 aromatic heterocycles. The van der Waals surface area contributed by atoms with Crippen LogP contribution in [-0.4, -0.2) is 30.7 Å². The van der Waals surface area contributed by atoms with Crippen LogP contribution in [0.1, 0.15) is 30.3 Å². The Bertz CT molecular complexity index is 1010. The van der Waals surface area contributed by atoms with Crippen LogP contribution < -0.4 is 19.9 Å². The number of nitrogens with one attached hydrogen (secondary N) is 2. The quantitative estimate of drug-likeness (QED) is 0.723. The second kappa shape index (κ2) is 7.40. The summed E-state index contributed by atoms with van der Waals surface area (Å²) in [6.45, 7) is 1.70. The monoisotopic (exact) mass is 366 g/mol. The molecule has 4 rings (SSSR count). The lowest BCUT2D eigenvalue weighted by Gasteiger charge is -2.23. The van der Waals surface area contributed by atoms with Gasteiger partial charge in [-0.1, -0.05) is 12.1 Å². The Balaban J connectivity index is 1.66. The number of likely N-dealkylation sites (tertiary alicyclic amines) is 1. The topological polar surface area (TPSA) is 68.7 Å². The molecule has 0 spiro atoms. The lowest BCUT2D eigenvalue weighted by molar-refractivity contribution is -0.932. The molecular formula is C21H24N3O3+. The standard InChI is InChI=1S/C21H23N3O3/c1-26-14-9-10-19(27-2)16(12-14)18-8-5-11-24(18)13-20-22-17-7-4-3-6-15(17)21(25)23-20/h3-4,6-7,9-10,12,18H,5,8,11,13H2,1-2H3,(H,22,23,25)/p+1/t18-/m0/s1. The van der Waals surface area contributed by atoms with Crippen LogP contribution in [-0.2, 0) is 6.54 Å². The summed E-state index contributed by atoms with van der Waals surface area (Å²) in [7, 11) is 3.37. The maximum atomic E-state index is 12.4. The van der Waals surface area contributed by atoms with E-state index in [1.165, 1.54) is 4.90 Å². The molecule has 2 heterocycles. The van der Waals surface area contributed by atoms with Gasteiger partial charge in [-0.3, -0.25) is 4.79 Å². The van der Waals surface area contributed by atoms with Crippen LogP contribution in [0.25, 0.3) is 10.9 Å². The fraction of sp³-hybridized carbons (Fsp3) is 0.333. The minimum Gasteiger partial charge on any atom is -0.497 e. The van der Waals surface area contributed by atoms with Gasteiger partial charge in [0, 0.05) is 12.8 Å². The first-order valence-corrected chi connectivity index (χ1v) is 9.24. The molecule has 0 saturated carbocycles. The van der Waals surface area contributed by atoms with Crippen molar-refractivity contribution < 1.29 is 14.4 Å². The third-order valence-corrected chi connectivity index (χ3v) is 5.35. The first-order valence-electron chi connectivity index (χ1n) is 9.24. The highest BCUT2D eigenvalue weighted by atomic mass is 16.5. The maximum Gasteiger partial charge on any atom is 0.258 e. The van der Waals surface area contributed by atoms with Gasteiger partial charge in [0.05, 0.1) is 37.2 Å². The number of quaternary nitrogens is 1. The number of H-pyrrole nitrogens is 1. The second-order valence-corrected chi connectivity index (χ2v) is 6.92. The van der Waals surface area contributed by atoms with Crippen molar-refractivity contribution in [1.29, 1.82) is 0 Å². The average molecular weight is 366 g/mol. The van der Waals surface area contributed by atoms with Crippen LogP contribution in [0.4, 0.5) is 0 Å². The Morgan fingerprint density at radius 2 is 2.04 bits per heavy atom. The van der Waals surface area contributed by atoms with Crippen LogP contribution in [0, 0.1) is 0 Å². The average Bonchev–Trinajstić information content (AvgIpc) is 3.15. The summed E-state index contributed by atoms with van der Waals surface area (Å²) in [6, 6.07) is 13.7. The highest BCUT2D eigenvalue weighted by Crippen LogP contribution is 2.31. The lowest BCUT2D eigenvalue weighted by atomic mass is 10.0. The zero-order valence-corrected chi connectivity index (χ0v) is 15.6.